The Morgan fingerprint density at radius 1 is 1.05 bits per heavy atom. The fourth-order valence-corrected chi connectivity index (χ4v) is 1.47. The van der Waals surface area contributed by atoms with E-state index >= 15 is 0 Å². The molecule has 1 saturated carbocycles. The molecule has 0 bridgehead atoms. The quantitative estimate of drug-likeness (QED) is 0.355. The van der Waals surface area contributed by atoms with E-state index in [2.05, 4.69) is 0 Å². The first kappa shape index (κ1) is 17.3. The average molecular weight is 278 g/mol. The van der Waals surface area contributed by atoms with Crippen LogP contribution in [0.2, 0.25) is 0 Å². The molecular formula is C10H18N2O7. The first-order chi connectivity index (χ1) is 8.80. The van der Waals surface area contributed by atoms with Gasteiger partial charge in [0.2, 0.25) is 0 Å². The second-order valence-corrected chi connectivity index (χ2v) is 3.99. The Morgan fingerprint density at radius 3 is 1.58 bits per heavy atom. The number of aliphatic hydroxyl groups is 1. The number of aliphatic carboxylic acids is 3. The third-order valence-corrected chi connectivity index (χ3v) is 2.51. The van der Waals surface area contributed by atoms with E-state index < -0.39 is 36.5 Å². The van der Waals surface area contributed by atoms with Gasteiger partial charge < -0.3 is 26.2 Å². The molecule has 1 aliphatic rings. The van der Waals surface area contributed by atoms with Crippen LogP contribution in [0.1, 0.15) is 12.8 Å². The van der Waals surface area contributed by atoms with Crippen molar-refractivity contribution < 1.29 is 34.8 Å². The summed E-state index contributed by atoms with van der Waals surface area (Å²) >= 11 is 0. The summed E-state index contributed by atoms with van der Waals surface area (Å²) in [7, 11) is 0. The molecule has 9 heteroatoms. The number of carboxylic acid groups (broad SMARTS) is 3. The largest absolute Gasteiger partial charge is 0.480 e. The van der Waals surface area contributed by atoms with Crippen LogP contribution in [0, 0.1) is 0 Å². The summed E-state index contributed by atoms with van der Waals surface area (Å²) in [6.07, 6.45) is 0.589. The topological polar surface area (TPSA) is 161 Å². The lowest BCUT2D eigenvalue weighted by molar-refractivity contribution is -0.150. The molecule has 0 atom stereocenters. The van der Waals surface area contributed by atoms with Gasteiger partial charge in [-0.2, -0.15) is 0 Å². The van der Waals surface area contributed by atoms with Crippen LogP contribution < -0.4 is 5.73 Å². The average Bonchev–Trinajstić information content (AvgIpc) is 3.08. The van der Waals surface area contributed by atoms with E-state index in [4.69, 9.17) is 26.2 Å². The molecule has 19 heavy (non-hydrogen) atoms. The molecular weight excluding hydrogens is 260 g/mol. The maximum atomic E-state index is 10.9. The highest BCUT2D eigenvalue weighted by Crippen LogP contribution is 2.41. The van der Waals surface area contributed by atoms with E-state index in [9.17, 15) is 14.4 Å². The lowest BCUT2D eigenvalue weighted by atomic mass is 10.2. The number of carboxylic acids is 3. The summed E-state index contributed by atoms with van der Waals surface area (Å²) in [5.41, 5.74) is 3.50. The number of nitrogens with zero attached hydrogens (tertiary/aromatic N) is 1. The maximum Gasteiger partial charge on any atom is 0.324 e. The first-order valence-corrected chi connectivity index (χ1v) is 5.53. The summed E-state index contributed by atoms with van der Waals surface area (Å²) < 4.78 is 0. The van der Waals surface area contributed by atoms with Crippen molar-refractivity contribution in [2.75, 3.05) is 26.2 Å². The van der Waals surface area contributed by atoms with Gasteiger partial charge in [-0.3, -0.25) is 19.3 Å². The molecule has 0 aliphatic heterocycles. The molecule has 1 rings (SSSR count). The third-order valence-electron chi connectivity index (χ3n) is 2.51. The molecule has 0 unspecified atom stereocenters. The number of hydrogen-bond donors (Lipinski definition) is 5. The molecule has 0 aromatic rings. The Hall–Kier alpha value is -1.71. The van der Waals surface area contributed by atoms with Crippen molar-refractivity contribution in [1.29, 1.82) is 0 Å². The van der Waals surface area contributed by atoms with Crippen LogP contribution in [-0.2, 0) is 14.4 Å². The minimum atomic E-state index is -1.28. The SMILES string of the molecule is NCCO.O=C(O)CN(CC(=O)O)C1(C(=O)O)CC1. The van der Waals surface area contributed by atoms with Gasteiger partial charge in [-0.1, -0.05) is 0 Å². The van der Waals surface area contributed by atoms with Crippen LogP contribution in [0.5, 0.6) is 0 Å². The Kier molecular flexibility index (Phi) is 6.98. The van der Waals surface area contributed by atoms with Crippen LogP contribution in [0.25, 0.3) is 0 Å². The summed E-state index contributed by atoms with van der Waals surface area (Å²) in [4.78, 5) is 32.8. The molecule has 6 N–H and O–H groups in total. The number of hydrogen-bond acceptors (Lipinski definition) is 6. The van der Waals surface area contributed by atoms with Gasteiger partial charge in [-0.15, -0.1) is 0 Å². The summed E-state index contributed by atoms with van der Waals surface area (Å²) in [6.45, 7) is -0.669. The van der Waals surface area contributed by atoms with Gasteiger partial charge in [0, 0.05) is 6.54 Å². The smallest absolute Gasteiger partial charge is 0.324 e. The zero-order valence-corrected chi connectivity index (χ0v) is 10.3. The fourth-order valence-electron chi connectivity index (χ4n) is 1.47. The van der Waals surface area contributed by atoms with Crippen molar-refractivity contribution in [1.82, 2.24) is 4.90 Å². The van der Waals surface area contributed by atoms with Crippen LogP contribution in [0.4, 0.5) is 0 Å². The second-order valence-electron chi connectivity index (χ2n) is 3.99. The molecule has 0 heterocycles. The van der Waals surface area contributed by atoms with Gasteiger partial charge in [0.15, 0.2) is 0 Å². The molecule has 0 saturated heterocycles. The highest BCUT2D eigenvalue weighted by Gasteiger charge is 2.55. The number of aliphatic hydroxyl groups excluding tert-OH is 1. The monoisotopic (exact) mass is 278 g/mol. The van der Waals surface area contributed by atoms with E-state index in [1.165, 1.54) is 0 Å². The van der Waals surface area contributed by atoms with E-state index in [0.717, 1.165) is 4.90 Å². The van der Waals surface area contributed by atoms with Crippen molar-refractivity contribution in [2.45, 2.75) is 18.4 Å². The van der Waals surface area contributed by atoms with E-state index in [-0.39, 0.29) is 6.61 Å². The fraction of sp³-hybridized carbons (Fsp3) is 0.700. The van der Waals surface area contributed by atoms with Gasteiger partial charge >= 0.3 is 17.9 Å². The molecule has 0 spiro atoms. The molecule has 1 aliphatic carbocycles. The second kappa shape index (κ2) is 7.67. The van der Waals surface area contributed by atoms with E-state index in [1.54, 1.807) is 0 Å². The Balaban J connectivity index is 0.000000711. The van der Waals surface area contributed by atoms with Gasteiger partial charge in [0.1, 0.15) is 5.54 Å². The first-order valence-electron chi connectivity index (χ1n) is 5.53. The maximum absolute atomic E-state index is 10.9. The lowest BCUT2D eigenvalue weighted by Crippen LogP contribution is -2.48. The normalized spacial score (nSPS) is 15.3. The van der Waals surface area contributed by atoms with Crippen LogP contribution in [0.15, 0.2) is 0 Å². The van der Waals surface area contributed by atoms with Crippen molar-refractivity contribution in [3.05, 3.63) is 0 Å². The van der Waals surface area contributed by atoms with Gasteiger partial charge in [0.05, 0.1) is 19.7 Å². The van der Waals surface area contributed by atoms with Crippen LogP contribution >= 0.6 is 0 Å². The molecule has 0 amide bonds. The highest BCUT2D eigenvalue weighted by molar-refractivity contribution is 5.84. The summed E-state index contributed by atoms with van der Waals surface area (Å²) in [5, 5.41) is 33.7. The highest BCUT2D eigenvalue weighted by atomic mass is 16.4. The Labute approximate surface area is 109 Å². The standard InChI is InChI=1S/C8H11NO6.C2H7NO/c10-5(11)3-9(4-6(12)13)8(1-2-8)7(14)15;3-1-2-4/h1-4H2,(H,10,11)(H,12,13)(H,14,15);4H,1-3H2. The Morgan fingerprint density at radius 2 is 1.42 bits per heavy atom. The van der Waals surface area contributed by atoms with Gasteiger partial charge in [-0.05, 0) is 12.8 Å². The minimum Gasteiger partial charge on any atom is -0.480 e. The zero-order chi connectivity index (χ0) is 15.1. The molecule has 110 valence electrons. The lowest BCUT2D eigenvalue weighted by Gasteiger charge is -2.24. The predicted molar refractivity (Wildman–Crippen MR) is 62.6 cm³/mol. The molecule has 0 radical (unpaired) electrons. The summed E-state index contributed by atoms with van der Waals surface area (Å²) in [6, 6.07) is 0. The van der Waals surface area contributed by atoms with Crippen LogP contribution in [0.3, 0.4) is 0 Å². The predicted octanol–water partition coefficient (Wildman–Crippen LogP) is -1.99. The molecule has 0 aromatic heterocycles. The number of nitrogens with two attached hydrogens (primary N) is 1. The van der Waals surface area contributed by atoms with Crippen LogP contribution in [-0.4, -0.2) is 75.0 Å². The van der Waals surface area contributed by atoms with Gasteiger partial charge in [0.25, 0.3) is 0 Å². The Bertz CT molecular complexity index is 323. The third kappa shape index (κ3) is 5.64. The molecule has 1 fully saturated rings. The number of carbonyl (C=O) groups is 3. The van der Waals surface area contributed by atoms with Crippen molar-refractivity contribution in [3.63, 3.8) is 0 Å². The minimum absolute atomic E-state index is 0.0972. The van der Waals surface area contributed by atoms with E-state index in [1.807, 2.05) is 0 Å². The van der Waals surface area contributed by atoms with Crippen molar-refractivity contribution in [3.8, 4) is 0 Å². The number of rotatable bonds is 7. The molecule has 0 aromatic carbocycles. The van der Waals surface area contributed by atoms with E-state index in [0.29, 0.717) is 19.4 Å². The molecule has 9 nitrogen and oxygen atoms in total. The van der Waals surface area contributed by atoms with Crippen molar-refractivity contribution >= 4 is 17.9 Å². The van der Waals surface area contributed by atoms with Crippen molar-refractivity contribution in [2.24, 2.45) is 5.73 Å². The zero-order valence-electron chi connectivity index (χ0n) is 10.3. The van der Waals surface area contributed by atoms with Gasteiger partial charge in [-0.25, -0.2) is 0 Å². The summed E-state index contributed by atoms with van der Waals surface area (Å²) in [5.74, 6) is -3.63.